The fourth-order valence-corrected chi connectivity index (χ4v) is 3.70. The molecule has 1 N–H and O–H groups in total. The van der Waals surface area contributed by atoms with Gasteiger partial charge in [0.05, 0.1) is 37.7 Å². The van der Waals surface area contributed by atoms with E-state index in [1.54, 1.807) is 24.3 Å². The molecule has 0 radical (unpaired) electrons. The number of halogens is 4. The first kappa shape index (κ1) is 20.1. The van der Waals surface area contributed by atoms with Gasteiger partial charge in [0.25, 0.3) is 0 Å². The largest absolute Gasteiger partial charge is 0.323 e. The minimum absolute atomic E-state index is 0.0466. The quantitative estimate of drug-likeness (QED) is 0.683. The number of carbonyl (C=O) groups is 1. The summed E-state index contributed by atoms with van der Waals surface area (Å²) in [5.41, 5.74) is 0.413. The number of nitrogens with one attached hydrogen (secondary N) is 1. The molecule has 0 saturated carbocycles. The summed E-state index contributed by atoms with van der Waals surface area (Å²) in [6, 6.07) is 9.18. The molecule has 0 bridgehead atoms. The first-order chi connectivity index (χ1) is 11.6. The predicted molar refractivity (Wildman–Crippen MR) is 104 cm³/mol. The second-order valence-corrected chi connectivity index (χ2v) is 8.55. The Morgan fingerprint density at radius 3 is 2.20 bits per heavy atom. The van der Waals surface area contributed by atoms with Gasteiger partial charge in [-0.2, -0.15) is 0 Å². The Balaban J connectivity index is 2.33. The van der Waals surface area contributed by atoms with E-state index in [4.69, 9.17) is 46.4 Å². The van der Waals surface area contributed by atoms with Crippen LogP contribution >= 0.6 is 46.4 Å². The first-order valence-corrected chi connectivity index (χ1v) is 10.1. The standard InChI is InChI=1S/C15H12Cl4N2O3S/c1-25(23,24)21(14-7-11(18)10(17)6-12(14)19)8-15(22)20-13-5-3-2-4-9(13)16/h2-7H,8H2,1H3,(H,20,22). The molecule has 0 aliphatic rings. The molecule has 0 aromatic heterocycles. The topological polar surface area (TPSA) is 66.5 Å². The molecule has 1 amide bonds. The number of hydrogen-bond donors (Lipinski definition) is 1. The van der Waals surface area contributed by atoms with Crippen molar-refractivity contribution in [3.05, 3.63) is 56.5 Å². The van der Waals surface area contributed by atoms with Gasteiger partial charge in [0, 0.05) is 0 Å². The van der Waals surface area contributed by atoms with Crippen LogP contribution in [0.15, 0.2) is 36.4 Å². The molecule has 25 heavy (non-hydrogen) atoms. The third-order valence-electron chi connectivity index (χ3n) is 3.09. The number of carbonyl (C=O) groups excluding carboxylic acids is 1. The zero-order chi connectivity index (χ0) is 18.8. The van der Waals surface area contributed by atoms with Crippen LogP contribution in [0.4, 0.5) is 11.4 Å². The van der Waals surface area contributed by atoms with Crippen molar-refractivity contribution in [2.45, 2.75) is 0 Å². The molecule has 0 aliphatic heterocycles. The molecule has 0 fully saturated rings. The minimum atomic E-state index is -3.81. The van der Waals surface area contributed by atoms with Crippen molar-refractivity contribution >= 4 is 73.7 Å². The van der Waals surface area contributed by atoms with E-state index in [1.807, 2.05) is 0 Å². The van der Waals surface area contributed by atoms with Crippen LogP contribution < -0.4 is 9.62 Å². The van der Waals surface area contributed by atoms with Crippen molar-refractivity contribution in [1.82, 2.24) is 0 Å². The maximum absolute atomic E-state index is 12.3. The molecule has 0 saturated heterocycles. The van der Waals surface area contributed by atoms with Crippen LogP contribution in [0.3, 0.4) is 0 Å². The number of rotatable bonds is 5. The van der Waals surface area contributed by atoms with Crippen LogP contribution in [0.2, 0.25) is 20.1 Å². The molecule has 0 atom stereocenters. The molecule has 0 aliphatic carbocycles. The number of anilines is 2. The Labute approximate surface area is 165 Å². The van der Waals surface area contributed by atoms with Gasteiger partial charge in [0.15, 0.2) is 0 Å². The smallest absolute Gasteiger partial charge is 0.245 e. The normalized spacial score (nSPS) is 11.2. The van der Waals surface area contributed by atoms with E-state index >= 15 is 0 Å². The van der Waals surface area contributed by atoms with Crippen molar-refractivity contribution in [2.24, 2.45) is 0 Å². The van der Waals surface area contributed by atoms with Crippen LogP contribution in [0.1, 0.15) is 0 Å². The summed E-state index contributed by atoms with van der Waals surface area (Å²) >= 11 is 23.8. The van der Waals surface area contributed by atoms with Crippen LogP contribution in [0.25, 0.3) is 0 Å². The van der Waals surface area contributed by atoms with Crippen molar-refractivity contribution in [3.63, 3.8) is 0 Å². The summed E-state index contributed by atoms with van der Waals surface area (Å²) in [5, 5.41) is 3.21. The molecule has 5 nitrogen and oxygen atoms in total. The lowest BCUT2D eigenvalue weighted by Crippen LogP contribution is -2.37. The van der Waals surface area contributed by atoms with Gasteiger partial charge < -0.3 is 5.32 Å². The van der Waals surface area contributed by atoms with Crippen LogP contribution in [-0.4, -0.2) is 27.1 Å². The van der Waals surface area contributed by atoms with Crippen LogP contribution in [0, 0.1) is 0 Å². The molecule has 2 aromatic carbocycles. The fourth-order valence-electron chi connectivity index (χ4n) is 1.97. The van der Waals surface area contributed by atoms with Gasteiger partial charge >= 0.3 is 0 Å². The molecule has 10 heteroatoms. The number of hydrogen-bond acceptors (Lipinski definition) is 3. The Hall–Kier alpha value is -1.18. The fraction of sp³-hybridized carbons (Fsp3) is 0.133. The highest BCUT2D eigenvalue weighted by atomic mass is 35.5. The number of para-hydroxylation sites is 1. The molecular formula is C15H12Cl4N2O3S. The van der Waals surface area contributed by atoms with Crippen LogP contribution in [-0.2, 0) is 14.8 Å². The van der Waals surface area contributed by atoms with E-state index in [-0.39, 0.29) is 20.8 Å². The molecule has 0 heterocycles. The van der Waals surface area contributed by atoms with Crippen molar-refractivity contribution in [3.8, 4) is 0 Å². The van der Waals surface area contributed by atoms with Crippen molar-refractivity contribution in [2.75, 3.05) is 22.4 Å². The molecule has 2 aromatic rings. The highest BCUT2D eigenvalue weighted by Crippen LogP contribution is 2.35. The van der Waals surface area contributed by atoms with E-state index in [0.717, 1.165) is 10.6 Å². The molecule has 0 unspecified atom stereocenters. The van der Waals surface area contributed by atoms with E-state index in [1.165, 1.54) is 12.1 Å². The number of amides is 1. The SMILES string of the molecule is CS(=O)(=O)N(CC(=O)Nc1ccccc1Cl)c1cc(Cl)c(Cl)cc1Cl. The summed E-state index contributed by atoms with van der Waals surface area (Å²) in [7, 11) is -3.81. The highest BCUT2D eigenvalue weighted by Gasteiger charge is 2.24. The van der Waals surface area contributed by atoms with Gasteiger partial charge in [-0.15, -0.1) is 0 Å². The summed E-state index contributed by atoms with van der Waals surface area (Å²) in [6.07, 6.45) is 0.953. The second-order valence-electron chi connectivity index (χ2n) is 5.02. The third kappa shape index (κ3) is 5.15. The Kier molecular flexibility index (Phi) is 6.45. The Morgan fingerprint density at radius 2 is 1.60 bits per heavy atom. The Bertz CT molecular complexity index is 919. The van der Waals surface area contributed by atoms with Gasteiger partial charge in [-0.1, -0.05) is 58.5 Å². The summed E-state index contributed by atoms with van der Waals surface area (Å²) in [5.74, 6) is -0.597. The highest BCUT2D eigenvalue weighted by molar-refractivity contribution is 7.92. The lowest BCUT2D eigenvalue weighted by Gasteiger charge is -2.23. The molecule has 134 valence electrons. The van der Waals surface area contributed by atoms with E-state index < -0.39 is 22.5 Å². The lowest BCUT2D eigenvalue weighted by atomic mass is 10.3. The Morgan fingerprint density at radius 1 is 1.00 bits per heavy atom. The van der Waals surface area contributed by atoms with Crippen molar-refractivity contribution in [1.29, 1.82) is 0 Å². The number of nitrogens with zero attached hydrogens (tertiary/aromatic N) is 1. The van der Waals surface area contributed by atoms with E-state index in [9.17, 15) is 13.2 Å². The zero-order valence-corrected chi connectivity index (χ0v) is 16.6. The summed E-state index contributed by atoms with van der Waals surface area (Å²) < 4.78 is 25.1. The van der Waals surface area contributed by atoms with Gasteiger partial charge in [-0.05, 0) is 24.3 Å². The van der Waals surface area contributed by atoms with Crippen molar-refractivity contribution < 1.29 is 13.2 Å². The molecular weight excluding hydrogens is 430 g/mol. The van der Waals surface area contributed by atoms with Gasteiger partial charge in [-0.25, -0.2) is 8.42 Å². The number of sulfonamides is 1. The van der Waals surface area contributed by atoms with Crippen LogP contribution in [0.5, 0.6) is 0 Å². The summed E-state index contributed by atoms with van der Waals surface area (Å²) in [6.45, 7) is -0.512. The van der Waals surface area contributed by atoms with Gasteiger partial charge in [0.1, 0.15) is 6.54 Å². The molecule has 0 spiro atoms. The maximum atomic E-state index is 12.3. The minimum Gasteiger partial charge on any atom is -0.323 e. The van der Waals surface area contributed by atoms with Gasteiger partial charge in [0.2, 0.25) is 15.9 Å². The van der Waals surface area contributed by atoms with E-state index in [2.05, 4.69) is 5.32 Å². The average Bonchev–Trinajstić information content (AvgIpc) is 2.50. The van der Waals surface area contributed by atoms with E-state index in [0.29, 0.717) is 10.7 Å². The maximum Gasteiger partial charge on any atom is 0.245 e. The average molecular weight is 442 g/mol. The summed E-state index contributed by atoms with van der Waals surface area (Å²) in [4.78, 5) is 12.3. The predicted octanol–water partition coefficient (Wildman–Crippen LogP) is 4.70. The second kappa shape index (κ2) is 8.01. The third-order valence-corrected chi connectivity index (χ3v) is 5.57. The number of benzene rings is 2. The first-order valence-electron chi connectivity index (χ1n) is 6.76. The zero-order valence-electron chi connectivity index (χ0n) is 12.8. The van der Waals surface area contributed by atoms with Gasteiger partial charge in [-0.3, -0.25) is 9.10 Å². The molecule has 2 rings (SSSR count). The monoisotopic (exact) mass is 440 g/mol. The lowest BCUT2D eigenvalue weighted by molar-refractivity contribution is -0.114.